The molecule has 0 spiro atoms. The molecule has 0 saturated heterocycles. The van der Waals surface area contributed by atoms with E-state index in [4.69, 9.17) is 5.73 Å². The van der Waals surface area contributed by atoms with Crippen LogP contribution in [0.2, 0.25) is 0 Å². The SMILES string of the molecule is Cc1ccc(NC(C)(C)C(C)N)nc1. The van der Waals surface area contributed by atoms with Gasteiger partial charge in [0, 0.05) is 17.8 Å². The van der Waals surface area contributed by atoms with Gasteiger partial charge in [-0.2, -0.15) is 0 Å². The van der Waals surface area contributed by atoms with E-state index in [1.807, 2.05) is 32.2 Å². The third-order valence-electron chi connectivity index (χ3n) is 2.50. The second-order valence-corrected chi connectivity index (χ2v) is 4.36. The summed E-state index contributed by atoms with van der Waals surface area (Å²) in [6.45, 7) is 8.15. The molecule has 1 unspecified atom stereocenters. The Morgan fingerprint density at radius 2 is 2.07 bits per heavy atom. The smallest absolute Gasteiger partial charge is 0.126 e. The van der Waals surface area contributed by atoms with Gasteiger partial charge < -0.3 is 11.1 Å². The number of aryl methyl sites for hydroxylation is 1. The van der Waals surface area contributed by atoms with Crippen LogP contribution in [0.5, 0.6) is 0 Å². The largest absolute Gasteiger partial charge is 0.364 e. The zero-order valence-corrected chi connectivity index (χ0v) is 9.33. The van der Waals surface area contributed by atoms with Crippen molar-refractivity contribution < 1.29 is 0 Å². The number of rotatable bonds is 3. The Hall–Kier alpha value is -1.09. The van der Waals surface area contributed by atoms with Gasteiger partial charge in [0.25, 0.3) is 0 Å². The molecule has 0 aromatic carbocycles. The lowest BCUT2D eigenvalue weighted by atomic mass is 9.97. The first-order valence-electron chi connectivity index (χ1n) is 4.88. The van der Waals surface area contributed by atoms with Crippen molar-refractivity contribution in [2.45, 2.75) is 39.3 Å². The number of hydrogen-bond acceptors (Lipinski definition) is 3. The van der Waals surface area contributed by atoms with Gasteiger partial charge in [-0.1, -0.05) is 6.07 Å². The van der Waals surface area contributed by atoms with Gasteiger partial charge in [-0.15, -0.1) is 0 Å². The average molecular weight is 193 g/mol. The maximum Gasteiger partial charge on any atom is 0.126 e. The van der Waals surface area contributed by atoms with Crippen LogP contribution in [0.4, 0.5) is 5.82 Å². The van der Waals surface area contributed by atoms with Crippen LogP contribution >= 0.6 is 0 Å². The van der Waals surface area contributed by atoms with Crippen LogP contribution in [0.1, 0.15) is 26.3 Å². The van der Waals surface area contributed by atoms with Crippen LogP contribution in [-0.4, -0.2) is 16.6 Å². The summed E-state index contributed by atoms with van der Waals surface area (Å²) < 4.78 is 0. The van der Waals surface area contributed by atoms with Crippen molar-refractivity contribution >= 4 is 5.82 Å². The molecule has 0 aliphatic heterocycles. The monoisotopic (exact) mass is 193 g/mol. The van der Waals surface area contributed by atoms with Gasteiger partial charge in [0.15, 0.2) is 0 Å². The molecule has 1 heterocycles. The third kappa shape index (κ3) is 2.70. The van der Waals surface area contributed by atoms with Crippen molar-refractivity contribution in [2.24, 2.45) is 5.73 Å². The molecule has 78 valence electrons. The molecule has 0 aliphatic rings. The molecular weight excluding hydrogens is 174 g/mol. The van der Waals surface area contributed by atoms with Crippen LogP contribution in [0, 0.1) is 6.92 Å². The van der Waals surface area contributed by atoms with Gasteiger partial charge in [-0.05, 0) is 39.3 Å². The summed E-state index contributed by atoms with van der Waals surface area (Å²) in [5, 5.41) is 3.31. The van der Waals surface area contributed by atoms with Crippen LogP contribution in [0.15, 0.2) is 18.3 Å². The van der Waals surface area contributed by atoms with Crippen molar-refractivity contribution in [1.29, 1.82) is 0 Å². The molecule has 1 aromatic rings. The predicted octanol–water partition coefficient (Wildman–Crippen LogP) is 1.93. The van der Waals surface area contributed by atoms with E-state index in [2.05, 4.69) is 24.1 Å². The van der Waals surface area contributed by atoms with E-state index < -0.39 is 0 Å². The molecule has 0 fully saturated rings. The number of nitrogens with one attached hydrogen (secondary N) is 1. The Balaban J connectivity index is 2.74. The fourth-order valence-corrected chi connectivity index (χ4v) is 0.986. The van der Waals surface area contributed by atoms with Crippen molar-refractivity contribution in [3.63, 3.8) is 0 Å². The summed E-state index contributed by atoms with van der Waals surface area (Å²) in [6.07, 6.45) is 1.85. The minimum absolute atomic E-state index is 0.0746. The highest BCUT2D eigenvalue weighted by Gasteiger charge is 2.22. The van der Waals surface area contributed by atoms with E-state index >= 15 is 0 Å². The molecule has 14 heavy (non-hydrogen) atoms. The average Bonchev–Trinajstić information content (AvgIpc) is 2.08. The zero-order chi connectivity index (χ0) is 10.8. The van der Waals surface area contributed by atoms with Gasteiger partial charge in [0.1, 0.15) is 5.82 Å². The minimum atomic E-state index is -0.137. The van der Waals surface area contributed by atoms with Gasteiger partial charge >= 0.3 is 0 Å². The maximum absolute atomic E-state index is 5.86. The number of nitrogens with two attached hydrogens (primary N) is 1. The number of pyridine rings is 1. The quantitative estimate of drug-likeness (QED) is 0.771. The summed E-state index contributed by atoms with van der Waals surface area (Å²) in [4.78, 5) is 4.28. The lowest BCUT2D eigenvalue weighted by Crippen LogP contribution is -2.47. The summed E-state index contributed by atoms with van der Waals surface area (Å²) in [6, 6.07) is 4.08. The van der Waals surface area contributed by atoms with Crippen molar-refractivity contribution in [2.75, 3.05) is 5.32 Å². The zero-order valence-electron chi connectivity index (χ0n) is 9.33. The lowest BCUT2D eigenvalue weighted by molar-refractivity contribution is 0.469. The number of nitrogens with zero attached hydrogens (tertiary/aromatic N) is 1. The Morgan fingerprint density at radius 1 is 1.43 bits per heavy atom. The molecule has 0 saturated carbocycles. The van der Waals surface area contributed by atoms with E-state index in [0.717, 1.165) is 11.4 Å². The molecule has 0 radical (unpaired) electrons. The summed E-state index contributed by atoms with van der Waals surface area (Å²) in [5.74, 6) is 0.873. The molecular formula is C11H19N3. The van der Waals surface area contributed by atoms with E-state index in [9.17, 15) is 0 Å². The van der Waals surface area contributed by atoms with E-state index in [1.54, 1.807) is 0 Å². The fraction of sp³-hybridized carbons (Fsp3) is 0.545. The van der Waals surface area contributed by atoms with Crippen LogP contribution in [0.3, 0.4) is 0 Å². The summed E-state index contributed by atoms with van der Waals surface area (Å²) >= 11 is 0. The summed E-state index contributed by atoms with van der Waals surface area (Å²) in [5.41, 5.74) is 6.88. The van der Waals surface area contributed by atoms with Crippen LogP contribution in [-0.2, 0) is 0 Å². The van der Waals surface area contributed by atoms with E-state index in [0.29, 0.717) is 0 Å². The standard InChI is InChI=1S/C11H19N3/c1-8-5-6-10(13-7-8)14-11(3,4)9(2)12/h5-7,9H,12H2,1-4H3,(H,13,14). The highest BCUT2D eigenvalue weighted by atomic mass is 15.1. The van der Waals surface area contributed by atoms with Crippen LogP contribution < -0.4 is 11.1 Å². The molecule has 0 bridgehead atoms. The molecule has 0 aliphatic carbocycles. The second kappa shape index (κ2) is 3.96. The topological polar surface area (TPSA) is 50.9 Å². The molecule has 3 N–H and O–H groups in total. The molecule has 3 nitrogen and oxygen atoms in total. The minimum Gasteiger partial charge on any atom is -0.364 e. The third-order valence-corrected chi connectivity index (χ3v) is 2.50. The molecule has 1 rings (SSSR count). The van der Waals surface area contributed by atoms with Gasteiger partial charge in [0.05, 0.1) is 0 Å². The Labute approximate surface area is 85.7 Å². The molecule has 3 heteroatoms. The Morgan fingerprint density at radius 3 is 2.50 bits per heavy atom. The molecule has 1 aromatic heterocycles. The van der Waals surface area contributed by atoms with E-state index in [1.165, 1.54) is 0 Å². The maximum atomic E-state index is 5.86. The second-order valence-electron chi connectivity index (χ2n) is 4.36. The van der Waals surface area contributed by atoms with Crippen molar-refractivity contribution in [1.82, 2.24) is 4.98 Å². The first kappa shape index (κ1) is 11.0. The highest BCUT2D eigenvalue weighted by Crippen LogP contribution is 2.15. The predicted molar refractivity (Wildman–Crippen MR) is 60.3 cm³/mol. The number of hydrogen-bond donors (Lipinski definition) is 2. The highest BCUT2D eigenvalue weighted by molar-refractivity contribution is 5.38. The summed E-state index contributed by atoms with van der Waals surface area (Å²) in [7, 11) is 0. The number of anilines is 1. The van der Waals surface area contributed by atoms with Gasteiger partial charge in [-0.25, -0.2) is 4.98 Å². The lowest BCUT2D eigenvalue weighted by Gasteiger charge is -2.30. The molecule has 0 amide bonds. The Kier molecular flexibility index (Phi) is 3.11. The normalized spacial score (nSPS) is 13.8. The first-order valence-corrected chi connectivity index (χ1v) is 4.88. The van der Waals surface area contributed by atoms with Gasteiger partial charge in [0.2, 0.25) is 0 Å². The van der Waals surface area contributed by atoms with E-state index in [-0.39, 0.29) is 11.6 Å². The number of aromatic nitrogens is 1. The molecule has 1 atom stereocenters. The first-order chi connectivity index (χ1) is 6.42. The van der Waals surface area contributed by atoms with Crippen molar-refractivity contribution in [3.05, 3.63) is 23.9 Å². The Bertz CT molecular complexity index is 288. The van der Waals surface area contributed by atoms with Crippen LogP contribution in [0.25, 0.3) is 0 Å². The fourth-order valence-electron chi connectivity index (χ4n) is 0.986. The van der Waals surface area contributed by atoms with Gasteiger partial charge in [-0.3, -0.25) is 0 Å². The van der Waals surface area contributed by atoms with Crippen molar-refractivity contribution in [3.8, 4) is 0 Å².